The van der Waals surface area contributed by atoms with Gasteiger partial charge < -0.3 is 18.8 Å². The molecule has 0 aliphatic carbocycles. The maximum atomic E-state index is 13.5. The van der Waals surface area contributed by atoms with Gasteiger partial charge in [-0.05, 0) is 67.9 Å². The van der Waals surface area contributed by atoms with Crippen molar-refractivity contribution in [1.29, 1.82) is 0 Å². The summed E-state index contributed by atoms with van der Waals surface area (Å²) in [6, 6.07) is 14.1. The molecule has 8 heteroatoms. The molecule has 4 rings (SSSR count). The second-order valence-electron chi connectivity index (χ2n) is 8.03. The number of ether oxygens (including phenoxy) is 3. The fraction of sp³-hybridized carbons (Fsp3) is 0.276. The smallest absolute Gasteiger partial charge is 0.346 e. The van der Waals surface area contributed by atoms with E-state index in [1.165, 1.54) is 7.11 Å². The van der Waals surface area contributed by atoms with Gasteiger partial charge in [-0.2, -0.15) is 0 Å². The number of pyridine rings is 1. The highest BCUT2D eigenvalue weighted by molar-refractivity contribution is 6.31. The molecule has 0 saturated heterocycles. The van der Waals surface area contributed by atoms with Crippen LogP contribution >= 0.6 is 11.6 Å². The van der Waals surface area contributed by atoms with Crippen LogP contribution in [-0.4, -0.2) is 41.6 Å². The van der Waals surface area contributed by atoms with Gasteiger partial charge in [-0.15, -0.1) is 0 Å². The number of carbonyl (C=O) groups is 2. The number of carbonyl (C=O) groups excluding carboxylic acids is 2. The average molecular weight is 523 g/mol. The second kappa shape index (κ2) is 12.4. The predicted molar refractivity (Wildman–Crippen MR) is 145 cm³/mol. The molecule has 194 valence electrons. The summed E-state index contributed by atoms with van der Waals surface area (Å²) in [4.78, 5) is 29.5. The topological polar surface area (TPSA) is 79.7 Å². The van der Waals surface area contributed by atoms with Gasteiger partial charge in [-0.3, -0.25) is 9.78 Å². The van der Waals surface area contributed by atoms with Crippen molar-refractivity contribution in [3.05, 3.63) is 88.3 Å². The van der Waals surface area contributed by atoms with Crippen LogP contribution in [0.15, 0.2) is 60.9 Å². The van der Waals surface area contributed by atoms with Gasteiger partial charge in [0.25, 0.3) is 0 Å². The van der Waals surface area contributed by atoms with Crippen molar-refractivity contribution >= 4 is 34.3 Å². The Morgan fingerprint density at radius 1 is 1.03 bits per heavy atom. The van der Waals surface area contributed by atoms with E-state index in [0.717, 1.165) is 22.2 Å². The number of hydrogen-bond acceptors (Lipinski definition) is 6. The second-order valence-corrected chi connectivity index (χ2v) is 8.44. The number of fused-ring (bicyclic) bond motifs is 1. The van der Waals surface area contributed by atoms with Gasteiger partial charge in [-0.1, -0.05) is 25.4 Å². The van der Waals surface area contributed by atoms with Crippen LogP contribution in [0.4, 0.5) is 0 Å². The third kappa shape index (κ3) is 5.94. The quantitative estimate of drug-likeness (QED) is 0.201. The third-order valence-electron chi connectivity index (χ3n) is 5.90. The number of benzene rings is 2. The monoisotopic (exact) mass is 522 g/mol. The average Bonchev–Trinajstić information content (AvgIpc) is 3.21. The van der Waals surface area contributed by atoms with Crippen LogP contribution in [0.5, 0.6) is 11.5 Å². The van der Waals surface area contributed by atoms with E-state index in [4.69, 9.17) is 25.8 Å². The van der Waals surface area contributed by atoms with E-state index >= 15 is 0 Å². The first-order chi connectivity index (χ1) is 17.8. The van der Waals surface area contributed by atoms with E-state index in [1.54, 1.807) is 68.9 Å². The zero-order valence-corrected chi connectivity index (χ0v) is 22.6. The highest BCUT2D eigenvalue weighted by atomic mass is 35.5. The summed E-state index contributed by atoms with van der Waals surface area (Å²) < 4.78 is 17.7. The van der Waals surface area contributed by atoms with Crippen LogP contribution in [0.2, 0.25) is 5.02 Å². The van der Waals surface area contributed by atoms with E-state index < -0.39 is 12.1 Å². The summed E-state index contributed by atoms with van der Waals surface area (Å²) in [5.74, 6) is 0.605. The predicted octanol–water partition coefficient (Wildman–Crippen LogP) is 6.25. The van der Waals surface area contributed by atoms with E-state index in [9.17, 15) is 9.59 Å². The minimum Gasteiger partial charge on any atom is -0.497 e. The van der Waals surface area contributed by atoms with Gasteiger partial charge >= 0.3 is 5.97 Å². The number of ketones is 1. The number of hydrogen-bond donors (Lipinski definition) is 0. The molecule has 0 aliphatic heterocycles. The lowest BCUT2D eigenvalue weighted by Crippen LogP contribution is -2.24. The molecule has 2 aromatic heterocycles. The van der Waals surface area contributed by atoms with Crippen LogP contribution < -0.4 is 9.47 Å². The lowest BCUT2D eigenvalue weighted by Gasteiger charge is -2.15. The van der Waals surface area contributed by atoms with Crippen molar-refractivity contribution in [2.45, 2.75) is 40.3 Å². The molecular formula is C29H31ClN2O5. The number of methoxy groups -OCH3 is 2. The first-order valence-electron chi connectivity index (χ1n) is 12.0. The summed E-state index contributed by atoms with van der Waals surface area (Å²) in [6.45, 7) is 7.92. The molecule has 0 radical (unpaired) electrons. The fourth-order valence-electron chi connectivity index (χ4n) is 4.04. The van der Waals surface area contributed by atoms with E-state index in [-0.39, 0.29) is 5.78 Å². The molecule has 2 heterocycles. The molecule has 0 bridgehead atoms. The molecule has 2 aromatic carbocycles. The van der Waals surface area contributed by atoms with E-state index in [2.05, 4.69) is 4.98 Å². The molecule has 0 amide bonds. The summed E-state index contributed by atoms with van der Waals surface area (Å²) in [6.07, 6.45) is 2.64. The van der Waals surface area contributed by atoms with Crippen molar-refractivity contribution in [2.75, 3.05) is 14.2 Å². The fourth-order valence-corrected chi connectivity index (χ4v) is 4.21. The van der Waals surface area contributed by atoms with Crippen molar-refractivity contribution < 1.29 is 23.8 Å². The standard InChI is InChI=1S/C27H25ClN2O5.C2H6/c1-16-25(26(31)18-5-7-20(33-3)8-6-18)22-14-29-12-11-24(22)30(16)15-19-13-21(9-10-23(19)28)35-17(2)27(32)34-4;1-2/h5-14,17H,15H2,1-4H3;1-2H3. The number of aromatic nitrogens is 2. The van der Waals surface area contributed by atoms with Gasteiger partial charge in [0.1, 0.15) is 11.5 Å². The van der Waals surface area contributed by atoms with Crippen LogP contribution in [0.3, 0.4) is 0 Å². The van der Waals surface area contributed by atoms with Crippen LogP contribution in [-0.2, 0) is 16.1 Å². The first kappa shape index (κ1) is 27.7. The highest BCUT2D eigenvalue weighted by Gasteiger charge is 2.22. The highest BCUT2D eigenvalue weighted by Crippen LogP contribution is 2.31. The summed E-state index contributed by atoms with van der Waals surface area (Å²) >= 11 is 6.52. The lowest BCUT2D eigenvalue weighted by molar-refractivity contribution is -0.147. The van der Waals surface area contributed by atoms with Crippen molar-refractivity contribution in [2.24, 2.45) is 0 Å². The molecule has 0 spiro atoms. The maximum absolute atomic E-state index is 13.5. The van der Waals surface area contributed by atoms with Crippen molar-refractivity contribution in [3.63, 3.8) is 0 Å². The molecule has 1 atom stereocenters. The Hall–Kier alpha value is -3.84. The molecule has 1 unspecified atom stereocenters. The number of nitrogens with zero attached hydrogens (tertiary/aromatic N) is 2. The zero-order valence-electron chi connectivity index (χ0n) is 21.9. The summed E-state index contributed by atoms with van der Waals surface area (Å²) in [5, 5.41) is 1.30. The summed E-state index contributed by atoms with van der Waals surface area (Å²) in [7, 11) is 2.90. The van der Waals surface area contributed by atoms with E-state index in [0.29, 0.717) is 34.2 Å². The molecule has 0 N–H and O–H groups in total. The van der Waals surface area contributed by atoms with E-state index in [1.807, 2.05) is 31.4 Å². The molecule has 4 aromatic rings. The minimum absolute atomic E-state index is 0.100. The van der Waals surface area contributed by atoms with Crippen molar-refractivity contribution in [3.8, 4) is 11.5 Å². The zero-order chi connectivity index (χ0) is 27.1. The Balaban J connectivity index is 0.00000186. The Kier molecular flexibility index (Phi) is 9.31. The van der Waals surface area contributed by atoms with Crippen LogP contribution in [0.1, 0.15) is 48.0 Å². The van der Waals surface area contributed by atoms with Gasteiger partial charge in [0, 0.05) is 40.6 Å². The Bertz CT molecular complexity index is 1400. The molecule has 37 heavy (non-hydrogen) atoms. The number of esters is 1. The molecule has 0 fully saturated rings. The number of rotatable bonds is 8. The Morgan fingerprint density at radius 2 is 1.70 bits per heavy atom. The summed E-state index contributed by atoms with van der Waals surface area (Å²) in [5.41, 5.74) is 3.57. The van der Waals surface area contributed by atoms with Gasteiger partial charge in [0.2, 0.25) is 0 Å². The minimum atomic E-state index is -0.761. The molecular weight excluding hydrogens is 492 g/mol. The first-order valence-corrected chi connectivity index (χ1v) is 12.4. The maximum Gasteiger partial charge on any atom is 0.346 e. The lowest BCUT2D eigenvalue weighted by atomic mass is 10.0. The SMILES string of the molecule is CC.COC(=O)C(C)Oc1ccc(Cl)c(Cn2c(C)c(C(=O)c3ccc(OC)cc3)c3cnccc32)c1. The number of halogens is 1. The Morgan fingerprint density at radius 3 is 2.35 bits per heavy atom. The normalized spacial score (nSPS) is 11.3. The largest absolute Gasteiger partial charge is 0.497 e. The van der Waals surface area contributed by atoms with Gasteiger partial charge in [0.05, 0.1) is 25.3 Å². The van der Waals surface area contributed by atoms with Gasteiger partial charge in [-0.25, -0.2) is 4.79 Å². The molecule has 7 nitrogen and oxygen atoms in total. The Labute approximate surface area is 221 Å². The molecule has 0 saturated carbocycles. The molecule has 0 aliphatic rings. The third-order valence-corrected chi connectivity index (χ3v) is 6.26. The van der Waals surface area contributed by atoms with Crippen LogP contribution in [0.25, 0.3) is 10.9 Å². The van der Waals surface area contributed by atoms with Gasteiger partial charge in [0.15, 0.2) is 11.9 Å². The van der Waals surface area contributed by atoms with Crippen molar-refractivity contribution in [1.82, 2.24) is 9.55 Å². The van der Waals surface area contributed by atoms with Crippen LogP contribution in [0, 0.1) is 6.92 Å².